The molecule has 0 bridgehead atoms. The van der Waals surface area contributed by atoms with E-state index in [1.807, 2.05) is 48.9 Å². The number of hydrogen-bond acceptors (Lipinski definition) is 5. The molecule has 1 aromatic heterocycles. The van der Waals surface area contributed by atoms with Gasteiger partial charge in [0.2, 0.25) is 10.0 Å². The number of nitrogens with one attached hydrogen (secondary N) is 1. The quantitative estimate of drug-likeness (QED) is 0.485. The second kappa shape index (κ2) is 7.91. The van der Waals surface area contributed by atoms with Crippen molar-refractivity contribution >= 4 is 15.7 Å². The van der Waals surface area contributed by atoms with Crippen LogP contribution < -0.4 is 4.72 Å². The molecule has 0 saturated heterocycles. The zero-order chi connectivity index (χ0) is 20.3. The molecule has 0 atom stereocenters. The largest absolute Gasteiger partial charge is 0.289 e. The van der Waals surface area contributed by atoms with E-state index in [-0.39, 0.29) is 11.4 Å². The van der Waals surface area contributed by atoms with Gasteiger partial charge in [0.25, 0.3) is 5.69 Å². The van der Waals surface area contributed by atoms with Gasteiger partial charge in [-0.3, -0.25) is 10.1 Å². The molecule has 1 heterocycles. The highest BCUT2D eigenvalue weighted by Gasteiger charge is 2.24. The van der Waals surface area contributed by atoms with E-state index < -0.39 is 20.6 Å². The molecule has 0 saturated carbocycles. The summed E-state index contributed by atoms with van der Waals surface area (Å²) in [5.41, 5.74) is 3.39. The van der Waals surface area contributed by atoms with Crippen LogP contribution in [0.25, 0.3) is 5.69 Å². The average Bonchev–Trinajstić information content (AvgIpc) is 3.00. The maximum Gasteiger partial charge on any atom is 0.289 e. The van der Waals surface area contributed by atoms with Crippen molar-refractivity contribution in [3.8, 4) is 5.69 Å². The van der Waals surface area contributed by atoms with Gasteiger partial charge in [0.1, 0.15) is 0 Å². The summed E-state index contributed by atoms with van der Waals surface area (Å²) in [7, 11) is -3.97. The Morgan fingerprint density at radius 2 is 1.79 bits per heavy atom. The van der Waals surface area contributed by atoms with Gasteiger partial charge in [-0.05, 0) is 50.1 Å². The Morgan fingerprint density at radius 3 is 2.39 bits per heavy atom. The molecular formula is C19H20N4O4S. The van der Waals surface area contributed by atoms with Crippen LogP contribution in [0.1, 0.15) is 17.0 Å². The molecule has 3 rings (SSSR count). The number of aryl methyl sites for hydroxylation is 2. The Kier molecular flexibility index (Phi) is 5.57. The molecule has 3 aromatic rings. The number of nitrogens with zero attached hydrogens (tertiary/aromatic N) is 3. The predicted molar refractivity (Wildman–Crippen MR) is 105 cm³/mol. The van der Waals surface area contributed by atoms with Gasteiger partial charge in [-0.1, -0.05) is 24.3 Å². The number of hydrogen-bond donors (Lipinski definition) is 1. The topological polar surface area (TPSA) is 107 Å². The average molecular weight is 400 g/mol. The number of rotatable bonds is 7. The Morgan fingerprint density at radius 1 is 1.11 bits per heavy atom. The zero-order valence-corrected chi connectivity index (χ0v) is 16.3. The van der Waals surface area contributed by atoms with Crippen molar-refractivity contribution in [3.63, 3.8) is 0 Å². The fourth-order valence-corrected chi connectivity index (χ4v) is 4.14. The molecule has 2 aromatic carbocycles. The first-order valence-electron chi connectivity index (χ1n) is 8.63. The lowest BCUT2D eigenvalue weighted by atomic mass is 10.1. The summed E-state index contributed by atoms with van der Waals surface area (Å²) in [6, 6.07) is 14.9. The van der Waals surface area contributed by atoms with E-state index in [1.54, 1.807) is 0 Å². The molecule has 0 amide bonds. The van der Waals surface area contributed by atoms with E-state index in [9.17, 15) is 18.5 Å². The molecule has 146 valence electrons. The van der Waals surface area contributed by atoms with Crippen LogP contribution >= 0.6 is 0 Å². The smallest absolute Gasteiger partial charge is 0.258 e. The molecule has 0 aliphatic carbocycles. The maximum atomic E-state index is 12.4. The molecule has 28 heavy (non-hydrogen) atoms. The lowest BCUT2D eigenvalue weighted by Crippen LogP contribution is -2.26. The van der Waals surface area contributed by atoms with E-state index in [0.717, 1.165) is 22.6 Å². The van der Waals surface area contributed by atoms with Crippen molar-refractivity contribution in [1.29, 1.82) is 0 Å². The third-order valence-corrected chi connectivity index (χ3v) is 5.76. The predicted octanol–water partition coefficient (Wildman–Crippen LogP) is 2.92. The first kappa shape index (κ1) is 19.7. The molecule has 9 heteroatoms. The Hall–Kier alpha value is -3.04. The van der Waals surface area contributed by atoms with Crippen LogP contribution in [0.3, 0.4) is 0 Å². The standard InChI is InChI=1S/C19H20N4O4S/c1-14-13-15(2)22(21-14)17-9-7-16(8-10-17)11-12-20-28(26,27)19-6-4-3-5-18(19)23(24)25/h3-10,13,20H,11-12H2,1-2H3. The van der Waals surface area contributed by atoms with Crippen molar-refractivity contribution in [2.24, 2.45) is 0 Å². The lowest BCUT2D eigenvalue weighted by Gasteiger charge is -2.08. The Labute approximate surface area is 163 Å². The van der Waals surface area contributed by atoms with Gasteiger partial charge in [0.05, 0.1) is 16.3 Å². The highest BCUT2D eigenvalue weighted by atomic mass is 32.2. The van der Waals surface area contributed by atoms with Crippen LogP contribution in [0.15, 0.2) is 59.5 Å². The molecule has 0 fully saturated rings. The molecule has 0 aliphatic rings. The second-order valence-electron chi connectivity index (χ2n) is 6.38. The first-order chi connectivity index (χ1) is 13.3. The van der Waals surface area contributed by atoms with E-state index in [0.29, 0.717) is 6.42 Å². The van der Waals surface area contributed by atoms with E-state index in [2.05, 4.69) is 9.82 Å². The summed E-state index contributed by atoms with van der Waals surface area (Å²) >= 11 is 0. The molecule has 8 nitrogen and oxygen atoms in total. The fourth-order valence-electron chi connectivity index (χ4n) is 2.94. The van der Waals surface area contributed by atoms with Crippen LogP contribution in [-0.4, -0.2) is 29.7 Å². The van der Waals surface area contributed by atoms with Gasteiger partial charge in [0.15, 0.2) is 4.90 Å². The highest BCUT2D eigenvalue weighted by molar-refractivity contribution is 7.89. The molecule has 0 aliphatic heterocycles. The minimum absolute atomic E-state index is 0.133. The van der Waals surface area contributed by atoms with Crippen molar-refractivity contribution in [1.82, 2.24) is 14.5 Å². The van der Waals surface area contributed by atoms with Crippen LogP contribution in [0, 0.1) is 24.0 Å². The minimum atomic E-state index is -3.97. The van der Waals surface area contributed by atoms with Crippen molar-refractivity contribution < 1.29 is 13.3 Å². The summed E-state index contributed by atoms with van der Waals surface area (Å²) < 4.78 is 29.1. The molecule has 0 unspecified atom stereocenters. The van der Waals surface area contributed by atoms with Crippen molar-refractivity contribution in [3.05, 3.63) is 81.7 Å². The van der Waals surface area contributed by atoms with Crippen LogP contribution in [-0.2, 0) is 16.4 Å². The highest BCUT2D eigenvalue weighted by Crippen LogP contribution is 2.22. The molecular weight excluding hydrogens is 380 g/mol. The zero-order valence-electron chi connectivity index (χ0n) is 15.5. The molecule has 0 radical (unpaired) electrons. The number of sulfonamides is 1. The Balaban J connectivity index is 1.67. The lowest BCUT2D eigenvalue weighted by molar-refractivity contribution is -0.387. The second-order valence-corrected chi connectivity index (χ2v) is 8.11. The number of para-hydroxylation sites is 1. The summed E-state index contributed by atoms with van der Waals surface area (Å²) in [5, 5.41) is 15.5. The third-order valence-electron chi connectivity index (χ3n) is 4.25. The van der Waals surface area contributed by atoms with Gasteiger partial charge in [-0.2, -0.15) is 5.10 Å². The summed E-state index contributed by atoms with van der Waals surface area (Å²) in [4.78, 5) is 10.0. The van der Waals surface area contributed by atoms with Gasteiger partial charge < -0.3 is 0 Å². The summed E-state index contributed by atoms with van der Waals surface area (Å²) in [6.07, 6.45) is 0.456. The first-order valence-corrected chi connectivity index (χ1v) is 10.1. The maximum absolute atomic E-state index is 12.4. The van der Waals surface area contributed by atoms with Gasteiger partial charge in [0, 0.05) is 18.3 Å². The van der Waals surface area contributed by atoms with E-state index in [1.165, 1.54) is 24.3 Å². The molecule has 0 spiro atoms. The fraction of sp³-hybridized carbons (Fsp3) is 0.211. The van der Waals surface area contributed by atoms with Crippen LogP contribution in [0.2, 0.25) is 0 Å². The third kappa shape index (κ3) is 4.26. The monoisotopic (exact) mass is 400 g/mol. The number of benzene rings is 2. The van der Waals surface area contributed by atoms with Gasteiger partial charge >= 0.3 is 0 Å². The number of nitro groups is 1. The van der Waals surface area contributed by atoms with Crippen LogP contribution in [0.4, 0.5) is 5.69 Å². The van der Waals surface area contributed by atoms with Crippen molar-refractivity contribution in [2.75, 3.05) is 6.54 Å². The van der Waals surface area contributed by atoms with Gasteiger partial charge in [-0.25, -0.2) is 17.8 Å². The number of nitro benzene ring substituents is 1. The van der Waals surface area contributed by atoms with E-state index >= 15 is 0 Å². The SMILES string of the molecule is Cc1cc(C)n(-c2ccc(CCNS(=O)(=O)c3ccccc3[N+](=O)[O-])cc2)n1. The summed E-state index contributed by atoms with van der Waals surface area (Å²) in [5.74, 6) is 0. The Bertz CT molecular complexity index is 1110. The minimum Gasteiger partial charge on any atom is -0.258 e. The van der Waals surface area contributed by atoms with Crippen molar-refractivity contribution in [2.45, 2.75) is 25.2 Å². The summed E-state index contributed by atoms with van der Waals surface area (Å²) in [6.45, 7) is 4.04. The normalized spacial score (nSPS) is 11.5. The van der Waals surface area contributed by atoms with Gasteiger partial charge in [-0.15, -0.1) is 0 Å². The van der Waals surface area contributed by atoms with E-state index in [4.69, 9.17) is 0 Å². The molecule has 1 N–H and O–H groups in total. The van der Waals surface area contributed by atoms with Crippen LogP contribution in [0.5, 0.6) is 0 Å². The number of aromatic nitrogens is 2.